The van der Waals surface area contributed by atoms with Gasteiger partial charge in [-0.3, -0.25) is 20.2 Å². The number of carbonyl (C=O) groups excluding carboxylic acids is 1. The van der Waals surface area contributed by atoms with E-state index in [1.54, 1.807) is 24.3 Å². The first-order valence-corrected chi connectivity index (χ1v) is 9.31. The second-order valence-corrected chi connectivity index (χ2v) is 7.32. The van der Waals surface area contributed by atoms with Gasteiger partial charge in [0.1, 0.15) is 5.58 Å². The second kappa shape index (κ2) is 7.24. The third-order valence-corrected chi connectivity index (χ3v) is 5.32. The lowest BCUT2D eigenvalue weighted by atomic mass is 10.1. The number of amides is 1. The van der Waals surface area contributed by atoms with Gasteiger partial charge in [0.05, 0.1) is 10.6 Å². The zero-order valence-corrected chi connectivity index (χ0v) is 15.7. The SMILES string of the molecule is Cc1nc(NC(=O)c2cc3ccccc3o2)sc1Cc1cccc([N+](=O)[O-])c1. The van der Waals surface area contributed by atoms with E-state index in [1.165, 1.54) is 17.4 Å². The van der Waals surface area contributed by atoms with Gasteiger partial charge in [-0.05, 0) is 24.6 Å². The maximum atomic E-state index is 12.5. The first-order chi connectivity index (χ1) is 13.5. The molecule has 7 nitrogen and oxygen atoms in total. The van der Waals surface area contributed by atoms with Crippen LogP contribution in [-0.4, -0.2) is 15.8 Å². The molecule has 1 amide bonds. The number of benzene rings is 2. The average Bonchev–Trinajstić information content (AvgIpc) is 3.25. The summed E-state index contributed by atoms with van der Waals surface area (Å²) in [6.45, 7) is 1.85. The highest BCUT2D eigenvalue weighted by atomic mass is 32.1. The third kappa shape index (κ3) is 3.63. The van der Waals surface area contributed by atoms with Crippen LogP contribution in [0.2, 0.25) is 0 Å². The van der Waals surface area contributed by atoms with E-state index in [4.69, 9.17) is 4.42 Å². The number of nitro benzene ring substituents is 1. The van der Waals surface area contributed by atoms with Crippen molar-refractivity contribution in [2.45, 2.75) is 13.3 Å². The number of nitrogens with zero attached hydrogens (tertiary/aromatic N) is 2. The number of rotatable bonds is 5. The molecule has 140 valence electrons. The number of hydrogen-bond donors (Lipinski definition) is 1. The van der Waals surface area contributed by atoms with Gasteiger partial charge in [-0.2, -0.15) is 0 Å². The molecule has 4 rings (SSSR count). The molecule has 0 saturated carbocycles. The minimum absolute atomic E-state index is 0.0538. The molecule has 0 aliphatic rings. The molecule has 0 unspecified atom stereocenters. The van der Waals surface area contributed by atoms with E-state index in [1.807, 2.05) is 31.2 Å². The fraction of sp³-hybridized carbons (Fsp3) is 0.100. The van der Waals surface area contributed by atoms with Crippen molar-refractivity contribution in [2.75, 3.05) is 5.32 Å². The van der Waals surface area contributed by atoms with Crippen molar-refractivity contribution >= 4 is 39.0 Å². The highest BCUT2D eigenvalue weighted by Crippen LogP contribution is 2.27. The van der Waals surface area contributed by atoms with E-state index in [0.717, 1.165) is 21.5 Å². The predicted octanol–water partition coefficient (Wildman–Crippen LogP) is 4.95. The van der Waals surface area contributed by atoms with Crippen molar-refractivity contribution in [3.8, 4) is 0 Å². The monoisotopic (exact) mass is 393 g/mol. The molecule has 0 aliphatic carbocycles. The molecule has 0 radical (unpaired) electrons. The molecule has 0 saturated heterocycles. The summed E-state index contributed by atoms with van der Waals surface area (Å²) in [6.07, 6.45) is 0.506. The summed E-state index contributed by atoms with van der Waals surface area (Å²) < 4.78 is 5.57. The van der Waals surface area contributed by atoms with E-state index < -0.39 is 4.92 Å². The minimum atomic E-state index is -0.415. The summed E-state index contributed by atoms with van der Waals surface area (Å²) in [5.41, 5.74) is 2.29. The Kier molecular flexibility index (Phi) is 4.62. The zero-order valence-electron chi connectivity index (χ0n) is 14.8. The van der Waals surface area contributed by atoms with Crippen LogP contribution in [0.4, 0.5) is 10.8 Å². The molecular formula is C20H15N3O4S. The lowest BCUT2D eigenvalue weighted by Gasteiger charge is -2.00. The van der Waals surface area contributed by atoms with Crippen LogP contribution in [-0.2, 0) is 6.42 Å². The predicted molar refractivity (Wildman–Crippen MR) is 107 cm³/mol. The highest BCUT2D eigenvalue weighted by molar-refractivity contribution is 7.15. The number of aryl methyl sites for hydroxylation is 1. The van der Waals surface area contributed by atoms with Crippen molar-refractivity contribution in [1.29, 1.82) is 0 Å². The van der Waals surface area contributed by atoms with Gasteiger partial charge in [0.25, 0.3) is 11.6 Å². The van der Waals surface area contributed by atoms with Crippen molar-refractivity contribution in [3.63, 3.8) is 0 Å². The maximum absolute atomic E-state index is 12.5. The number of hydrogen-bond acceptors (Lipinski definition) is 6. The van der Waals surface area contributed by atoms with E-state index in [0.29, 0.717) is 17.1 Å². The van der Waals surface area contributed by atoms with Crippen LogP contribution in [0.1, 0.15) is 26.7 Å². The number of carbonyl (C=O) groups is 1. The number of nitro groups is 1. The largest absolute Gasteiger partial charge is 0.451 e. The highest BCUT2D eigenvalue weighted by Gasteiger charge is 2.16. The summed E-state index contributed by atoms with van der Waals surface area (Å²) in [4.78, 5) is 28.3. The zero-order chi connectivity index (χ0) is 19.7. The molecule has 0 fully saturated rings. The molecule has 0 spiro atoms. The lowest BCUT2D eigenvalue weighted by Crippen LogP contribution is -2.10. The summed E-state index contributed by atoms with van der Waals surface area (Å²) >= 11 is 1.34. The molecule has 2 aromatic carbocycles. The van der Waals surface area contributed by atoms with Gasteiger partial charge in [0.15, 0.2) is 10.9 Å². The lowest BCUT2D eigenvalue weighted by molar-refractivity contribution is -0.384. The molecule has 4 aromatic rings. The van der Waals surface area contributed by atoms with Crippen molar-refractivity contribution in [2.24, 2.45) is 0 Å². The van der Waals surface area contributed by atoms with Gasteiger partial charge >= 0.3 is 0 Å². The van der Waals surface area contributed by atoms with Gasteiger partial charge in [-0.25, -0.2) is 4.98 Å². The van der Waals surface area contributed by atoms with Crippen LogP contribution in [0.15, 0.2) is 59.0 Å². The molecular weight excluding hydrogens is 378 g/mol. The number of nitrogens with one attached hydrogen (secondary N) is 1. The fourth-order valence-electron chi connectivity index (χ4n) is 2.86. The first kappa shape index (κ1) is 17.9. The smallest absolute Gasteiger partial charge is 0.293 e. The van der Waals surface area contributed by atoms with E-state index in [-0.39, 0.29) is 17.4 Å². The Balaban J connectivity index is 1.51. The fourth-order valence-corrected chi connectivity index (χ4v) is 3.86. The third-order valence-electron chi connectivity index (χ3n) is 4.25. The number of thiazole rings is 1. The number of anilines is 1. The van der Waals surface area contributed by atoms with Gasteiger partial charge in [-0.15, -0.1) is 11.3 Å². The van der Waals surface area contributed by atoms with Crippen LogP contribution in [0, 0.1) is 17.0 Å². The van der Waals surface area contributed by atoms with Crippen LogP contribution in [0.3, 0.4) is 0 Å². The van der Waals surface area contributed by atoms with Crippen LogP contribution in [0.25, 0.3) is 11.0 Å². The van der Waals surface area contributed by atoms with E-state index in [2.05, 4.69) is 10.3 Å². The topological polar surface area (TPSA) is 98.3 Å². The summed E-state index contributed by atoms with van der Waals surface area (Å²) in [7, 11) is 0. The summed E-state index contributed by atoms with van der Waals surface area (Å²) in [5, 5.41) is 15.0. The Labute approximate surface area is 163 Å². The van der Waals surface area contributed by atoms with Crippen molar-refractivity contribution in [1.82, 2.24) is 4.98 Å². The average molecular weight is 393 g/mol. The van der Waals surface area contributed by atoms with E-state index >= 15 is 0 Å². The van der Waals surface area contributed by atoms with Gasteiger partial charge < -0.3 is 4.42 Å². The standard InChI is InChI=1S/C20H15N3O4S/c1-12-18(10-13-5-4-7-15(9-13)23(25)26)28-20(21-12)22-19(24)17-11-14-6-2-3-8-16(14)27-17/h2-9,11H,10H2,1H3,(H,21,22,24). The normalized spacial score (nSPS) is 10.9. The number of fused-ring (bicyclic) bond motifs is 1. The summed E-state index contributed by atoms with van der Waals surface area (Å²) in [6, 6.07) is 15.6. The molecule has 0 aliphatic heterocycles. The van der Waals surface area contributed by atoms with Gasteiger partial charge in [-0.1, -0.05) is 30.3 Å². The van der Waals surface area contributed by atoms with Crippen molar-refractivity contribution in [3.05, 3.63) is 86.6 Å². The quantitative estimate of drug-likeness (QED) is 0.382. The summed E-state index contributed by atoms with van der Waals surface area (Å²) in [5.74, 6) is -0.152. The van der Waals surface area contributed by atoms with Crippen LogP contribution >= 0.6 is 11.3 Å². The Morgan fingerprint density at radius 2 is 2.04 bits per heavy atom. The number of non-ortho nitro benzene ring substituents is 1. The molecule has 0 bridgehead atoms. The molecule has 2 aromatic heterocycles. The first-order valence-electron chi connectivity index (χ1n) is 8.49. The van der Waals surface area contributed by atoms with Crippen LogP contribution in [0.5, 0.6) is 0 Å². The molecule has 0 atom stereocenters. The Bertz CT molecular complexity index is 1160. The molecule has 8 heteroatoms. The Morgan fingerprint density at radius 3 is 2.82 bits per heavy atom. The molecule has 1 N–H and O–H groups in total. The molecule has 28 heavy (non-hydrogen) atoms. The second-order valence-electron chi connectivity index (χ2n) is 6.23. The Hall–Kier alpha value is -3.52. The number of aromatic nitrogens is 1. The number of para-hydroxylation sites is 1. The van der Waals surface area contributed by atoms with E-state index in [9.17, 15) is 14.9 Å². The number of furan rings is 1. The Morgan fingerprint density at radius 1 is 1.21 bits per heavy atom. The van der Waals surface area contributed by atoms with Gasteiger partial charge in [0, 0.05) is 28.8 Å². The van der Waals surface area contributed by atoms with Crippen LogP contribution < -0.4 is 5.32 Å². The maximum Gasteiger partial charge on any atom is 0.293 e. The van der Waals surface area contributed by atoms with Crippen molar-refractivity contribution < 1.29 is 14.1 Å². The van der Waals surface area contributed by atoms with Gasteiger partial charge in [0.2, 0.25) is 0 Å². The molecule has 2 heterocycles. The minimum Gasteiger partial charge on any atom is -0.451 e.